The maximum absolute atomic E-state index is 8.07. The van der Waals surface area contributed by atoms with Crippen LogP contribution in [0.3, 0.4) is 0 Å². The highest BCUT2D eigenvalue weighted by atomic mass is 16.2. The predicted octanol–water partition coefficient (Wildman–Crippen LogP) is 1.13. The molecule has 0 unspecified atom stereocenters. The molecule has 0 aliphatic heterocycles. The topological polar surface area (TPSA) is 46.2 Å². The molecule has 0 aliphatic carbocycles. The van der Waals surface area contributed by atoms with Crippen molar-refractivity contribution in [2.75, 3.05) is 6.61 Å². The molecule has 0 aromatic rings. The van der Waals surface area contributed by atoms with Crippen LogP contribution in [0.1, 0.15) is 33.6 Å². The van der Waals surface area contributed by atoms with Crippen LogP contribution < -0.4 is 5.73 Å². The van der Waals surface area contributed by atoms with Gasteiger partial charge in [0.05, 0.1) is 0 Å². The van der Waals surface area contributed by atoms with Crippen LogP contribution in [0.2, 0.25) is 0 Å². The molecule has 0 fully saturated rings. The van der Waals surface area contributed by atoms with E-state index in [0.29, 0.717) is 12.6 Å². The Morgan fingerprint density at radius 1 is 1.44 bits per heavy atom. The van der Waals surface area contributed by atoms with Crippen molar-refractivity contribution < 1.29 is 5.11 Å². The Hall–Kier alpha value is -0.0800. The highest BCUT2D eigenvalue weighted by Gasteiger charge is 1.69. The zero-order valence-corrected chi connectivity index (χ0v) is 6.72. The van der Waals surface area contributed by atoms with Gasteiger partial charge in [0.15, 0.2) is 0 Å². The fraction of sp³-hybridized carbons (Fsp3) is 1.00. The number of aliphatic hydroxyl groups excluding tert-OH is 1. The Labute approximate surface area is 58.1 Å². The van der Waals surface area contributed by atoms with Gasteiger partial charge < -0.3 is 10.8 Å². The summed E-state index contributed by atoms with van der Waals surface area (Å²) in [6.45, 7) is 6.28. The van der Waals surface area contributed by atoms with Crippen molar-refractivity contribution in [3.05, 3.63) is 0 Å². The number of rotatable bonds is 2. The van der Waals surface area contributed by atoms with Crippen LogP contribution in [-0.2, 0) is 0 Å². The van der Waals surface area contributed by atoms with Crippen molar-refractivity contribution in [2.45, 2.75) is 39.7 Å². The summed E-state index contributed by atoms with van der Waals surface area (Å²) in [5.41, 5.74) is 5.11. The van der Waals surface area contributed by atoms with Gasteiger partial charge in [-0.3, -0.25) is 0 Å². The van der Waals surface area contributed by atoms with E-state index in [4.69, 9.17) is 10.8 Å². The van der Waals surface area contributed by atoms with Crippen molar-refractivity contribution in [3.8, 4) is 0 Å². The molecule has 0 spiro atoms. The minimum Gasteiger partial charge on any atom is -0.396 e. The van der Waals surface area contributed by atoms with Gasteiger partial charge in [0.25, 0.3) is 0 Å². The maximum atomic E-state index is 8.07. The van der Waals surface area contributed by atoms with E-state index in [2.05, 4.69) is 6.92 Å². The predicted molar refractivity (Wildman–Crippen MR) is 41.3 cm³/mol. The van der Waals surface area contributed by atoms with Gasteiger partial charge in [-0.15, -0.1) is 0 Å². The average Bonchev–Trinajstić information content (AvgIpc) is 1.66. The van der Waals surface area contributed by atoms with Crippen molar-refractivity contribution in [2.24, 2.45) is 5.73 Å². The molecule has 2 heteroatoms. The first kappa shape index (κ1) is 11.7. The van der Waals surface area contributed by atoms with E-state index < -0.39 is 0 Å². The van der Waals surface area contributed by atoms with Crippen LogP contribution in [0.5, 0.6) is 0 Å². The molecule has 0 aliphatic rings. The number of hydrogen-bond acceptors (Lipinski definition) is 2. The molecule has 0 aromatic heterocycles. The summed E-state index contributed by atoms with van der Waals surface area (Å²) in [7, 11) is 0. The molecule has 0 radical (unpaired) electrons. The zero-order chi connectivity index (χ0) is 7.70. The highest BCUT2D eigenvalue weighted by molar-refractivity contribution is 4.32. The number of hydrogen-bond donors (Lipinski definition) is 2. The molecule has 0 aromatic carbocycles. The van der Waals surface area contributed by atoms with Crippen LogP contribution in [0.25, 0.3) is 0 Å². The van der Waals surface area contributed by atoms with Gasteiger partial charge in [-0.25, -0.2) is 0 Å². The molecule has 0 bridgehead atoms. The second kappa shape index (κ2) is 10.8. The molecular formula is C7H19NO. The smallest absolute Gasteiger partial charge is 0.0430 e. The Morgan fingerprint density at radius 3 is 1.78 bits per heavy atom. The summed E-state index contributed by atoms with van der Waals surface area (Å²) in [6.07, 6.45) is 2.04. The van der Waals surface area contributed by atoms with Gasteiger partial charge in [-0.2, -0.15) is 0 Å². The molecule has 2 nitrogen and oxygen atoms in total. The lowest BCUT2D eigenvalue weighted by molar-refractivity contribution is 0.287. The zero-order valence-electron chi connectivity index (χ0n) is 6.72. The van der Waals surface area contributed by atoms with Gasteiger partial charge >= 0.3 is 0 Å². The Balaban J connectivity index is 0. The van der Waals surface area contributed by atoms with Crippen LogP contribution >= 0.6 is 0 Å². The van der Waals surface area contributed by atoms with Gasteiger partial charge in [-0.1, -0.05) is 27.2 Å². The fourth-order valence-electron chi connectivity index (χ4n) is 0.158. The third-order valence-corrected chi connectivity index (χ3v) is 0.512. The summed E-state index contributed by atoms with van der Waals surface area (Å²) >= 11 is 0. The van der Waals surface area contributed by atoms with Crippen LogP contribution in [0.4, 0.5) is 0 Å². The Morgan fingerprint density at radius 2 is 1.78 bits per heavy atom. The lowest BCUT2D eigenvalue weighted by Gasteiger charge is -1.81. The quantitative estimate of drug-likeness (QED) is 0.593. The Kier molecular flexibility index (Phi) is 14.0. The number of nitrogens with two attached hydrogens (primary N) is 1. The van der Waals surface area contributed by atoms with Gasteiger partial charge in [0, 0.05) is 6.61 Å². The molecule has 0 amide bonds. The molecular weight excluding hydrogens is 114 g/mol. The third kappa shape index (κ3) is 75.3. The molecule has 0 heterocycles. The standard InChI is InChI=1S/C4H10O.C3H9N/c1-2-3-4-5;1-3(2)4/h5H,2-4H2,1H3;3H,4H2,1-2H3. The van der Waals surface area contributed by atoms with Crippen LogP contribution in [0.15, 0.2) is 0 Å². The summed E-state index contributed by atoms with van der Waals surface area (Å²) in [5.74, 6) is 0. The minimum absolute atomic E-state index is 0.333. The van der Waals surface area contributed by atoms with E-state index in [1.54, 1.807) is 0 Å². The first-order valence-corrected chi connectivity index (χ1v) is 3.51. The minimum atomic E-state index is 0.333. The molecule has 0 saturated heterocycles. The van der Waals surface area contributed by atoms with Gasteiger partial charge in [0.1, 0.15) is 0 Å². The third-order valence-electron chi connectivity index (χ3n) is 0.512. The summed E-state index contributed by atoms with van der Waals surface area (Å²) in [4.78, 5) is 0. The normalized spacial score (nSPS) is 8.67. The summed E-state index contributed by atoms with van der Waals surface area (Å²) in [5, 5.41) is 8.07. The number of unbranched alkanes of at least 4 members (excludes halogenated alkanes) is 1. The first-order valence-electron chi connectivity index (χ1n) is 3.51. The maximum Gasteiger partial charge on any atom is 0.0430 e. The lowest BCUT2D eigenvalue weighted by Crippen LogP contribution is -2.06. The highest BCUT2D eigenvalue weighted by Crippen LogP contribution is 1.78. The van der Waals surface area contributed by atoms with E-state index >= 15 is 0 Å². The first-order chi connectivity index (χ1) is 4.15. The van der Waals surface area contributed by atoms with Crippen molar-refractivity contribution in [3.63, 3.8) is 0 Å². The van der Waals surface area contributed by atoms with Crippen LogP contribution in [-0.4, -0.2) is 17.8 Å². The summed E-state index contributed by atoms with van der Waals surface area (Å²) in [6, 6.07) is 0.333. The van der Waals surface area contributed by atoms with E-state index in [1.165, 1.54) is 0 Å². The number of aliphatic hydroxyl groups is 1. The second-order valence-electron chi connectivity index (χ2n) is 2.32. The molecule has 3 N–H and O–H groups in total. The largest absolute Gasteiger partial charge is 0.396 e. The molecule has 0 saturated carbocycles. The molecule has 0 rings (SSSR count). The lowest BCUT2D eigenvalue weighted by atomic mass is 10.4. The molecule has 9 heavy (non-hydrogen) atoms. The van der Waals surface area contributed by atoms with Crippen molar-refractivity contribution in [1.29, 1.82) is 0 Å². The van der Waals surface area contributed by atoms with E-state index in [9.17, 15) is 0 Å². The van der Waals surface area contributed by atoms with Gasteiger partial charge in [-0.05, 0) is 12.5 Å². The monoisotopic (exact) mass is 133 g/mol. The molecule has 0 atom stereocenters. The van der Waals surface area contributed by atoms with Gasteiger partial charge in [0.2, 0.25) is 0 Å². The second-order valence-corrected chi connectivity index (χ2v) is 2.32. The van der Waals surface area contributed by atoms with Crippen LogP contribution in [0, 0.1) is 0 Å². The fourth-order valence-corrected chi connectivity index (χ4v) is 0.158. The Bertz CT molecular complexity index is 33.1. The SMILES string of the molecule is CC(C)N.CCCCO. The van der Waals surface area contributed by atoms with E-state index in [0.717, 1.165) is 12.8 Å². The van der Waals surface area contributed by atoms with E-state index in [1.807, 2.05) is 13.8 Å². The summed E-state index contributed by atoms with van der Waals surface area (Å²) < 4.78 is 0. The van der Waals surface area contributed by atoms with E-state index in [-0.39, 0.29) is 0 Å². The molecule has 58 valence electrons. The van der Waals surface area contributed by atoms with Crippen molar-refractivity contribution in [1.82, 2.24) is 0 Å². The van der Waals surface area contributed by atoms with Crippen molar-refractivity contribution >= 4 is 0 Å². The average molecular weight is 133 g/mol.